The standard InChI is InChI=1S/C25H26N4O/c26-17-20-13-11-19(12-14-20)16-24-27-18-22(28-24)8-4-6-21-7-5-15-29(25(21)30)23-9-2-1-3-10-23/h1-3,9-14,18,21H,4-8,15-16H2,(H,27,28). The molecule has 0 saturated carbocycles. The third-order valence-electron chi connectivity index (χ3n) is 5.75. The summed E-state index contributed by atoms with van der Waals surface area (Å²) < 4.78 is 0. The smallest absolute Gasteiger partial charge is 0.230 e. The number of nitrogens with zero attached hydrogens (tertiary/aromatic N) is 3. The number of para-hydroxylation sites is 1. The minimum absolute atomic E-state index is 0.111. The second-order valence-corrected chi connectivity index (χ2v) is 7.90. The second-order valence-electron chi connectivity index (χ2n) is 7.90. The van der Waals surface area contributed by atoms with Gasteiger partial charge in [-0.25, -0.2) is 4.98 Å². The van der Waals surface area contributed by atoms with Crippen LogP contribution >= 0.6 is 0 Å². The topological polar surface area (TPSA) is 72.8 Å². The van der Waals surface area contributed by atoms with Gasteiger partial charge in [0.1, 0.15) is 5.82 Å². The highest BCUT2D eigenvalue weighted by Gasteiger charge is 2.29. The van der Waals surface area contributed by atoms with Crippen LogP contribution in [0.2, 0.25) is 0 Å². The Hall–Kier alpha value is -3.39. The molecule has 1 unspecified atom stereocenters. The lowest BCUT2D eigenvalue weighted by molar-refractivity contribution is -0.124. The van der Waals surface area contributed by atoms with Gasteiger partial charge >= 0.3 is 0 Å². The van der Waals surface area contributed by atoms with Crippen molar-refractivity contribution in [3.8, 4) is 6.07 Å². The summed E-state index contributed by atoms with van der Waals surface area (Å²) in [6.07, 6.45) is 7.44. The first-order chi connectivity index (χ1) is 14.7. The molecule has 1 aliphatic rings. The van der Waals surface area contributed by atoms with Crippen LogP contribution in [0.4, 0.5) is 5.69 Å². The molecule has 3 aromatic rings. The van der Waals surface area contributed by atoms with Crippen LogP contribution in [-0.2, 0) is 17.6 Å². The van der Waals surface area contributed by atoms with Crippen molar-refractivity contribution in [2.24, 2.45) is 5.92 Å². The highest BCUT2D eigenvalue weighted by molar-refractivity contribution is 5.95. The Balaban J connectivity index is 1.28. The van der Waals surface area contributed by atoms with Crippen molar-refractivity contribution in [3.63, 3.8) is 0 Å². The number of benzene rings is 2. The number of rotatable bonds is 7. The van der Waals surface area contributed by atoms with Crippen LogP contribution in [0, 0.1) is 17.2 Å². The van der Waals surface area contributed by atoms with Gasteiger partial charge < -0.3 is 9.88 Å². The fourth-order valence-electron chi connectivity index (χ4n) is 4.13. The number of carbonyl (C=O) groups excluding carboxylic acids is 1. The maximum Gasteiger partial charge on any atom is 0.230 e. The Morgan fingerprint density at radius 1 is 1.13 bits per heavy atom. The minimum Gasteiger partial charge on any atom is -0.346 e. The summed E-state index contributed by atoms with van der Waals surface area (Å²) in [5.74, 6) is 1.30. The monoisotopic (exact) mass is 398 g/mol. The van der Waals surface area contributed by atoms with E-state index < -0.39 is 0 Å². The van der Waals surface area contributed by atoms with E-state index in [0.717, 1.165) is 67.8 Å². The van der Waals surface area contributed by atoms with E-state index in [-0.39, 0.29) is 11.8 Å². The third-order valence-corrected chi connectivity index (χ3v) is 5.75. The maximum absolute atomic E-state index is 12.9. The van der Waals surface area contributed by atoms with Crippen LogP contribution in [0.1, 0.15) is 48.3 Å². The Morgan fingerprint density at radius 2 is 1.93 bits per heavy atom. The third kappa shape index (κ3) is 4.77. The van der Waals surface area contributed by atoms with Crippen LogP contribution in [0.25, 0.3) is 0 Å². The van der Waals surface area contributed by atoms with Gasteiger partial charge in [-0.1, -0.05) is 30.3 Å². The molecule has 5 heteroatoms. The van der Waals surface area contributed by atoms with E-state index in [1.54, 1.807) is 0 Å². The Labute approximate surface area is 177 Å². The number of aromatic amines is 1. The zero-order chi connectivity index (χ0) is 20.8. The fourth-order valence-corrected chi connectivity index (χ4v) is 4.13. The van der Waals surface area contributed by atoms with Crippen LogP contribution in [0.3, 0.4) is 0 Å². The molecule has 1 atom stereocenters. The number of aromatic nitrogens is 2. The first-order valence-electron chi connectivity index (χ1n) is 10.6. The molecule has 1 N–H and O–H groups in total. The number of imidazole rings is 1. The predicted molar refractivity (Wildman–Crippen MR) is 117 cm³/mol. The molecule has 5 nitrogen and oxygen atoms in total. The lowest BCUT2D eigenvalue weighted by Crippen LogP contribution is -2.41. The number of piperidine rings is 1. The van der Waals surface area contributed by atoms with Gasteiger partial charge in [-0.2, -0.15) is 5.26 Å². The van der Waals surface area contributed by atoms with E-state index in [9.17, 15) is 4.79 Å². The number of amides is 1. The molecule has 2 heterocycles. The molecule has 1 aliphatic heterocycles. The first kappa shape index (κ1) is 19.9. The summed E-state index contributed by atoms with van der Waals surface area (Å²) in [5, 5.41) is 8.89. The van der Waals surface area contributed by atoms with Crippen molar-refractivity contribution >= 4 is 11.6 Å². The summed E-state index contributed by atoms with van der Waals surface area (Å²) in [5.41, 5.74) is 3.92. The highest BCUT2D eigenvalue weighted by Crippen LogP contribution is 2.27. The number of hydrogen-bond donors (Lipinski definition) is 1. The second kappa shape index (κ2) is 9.41. The first-order valence-corrected chi connectivity index (χ1v) is 10.6. The van der Waals surface area contributed by atoms with Crippen molar-refractivity contribution in [2.75, 3.05) is 11.4 Å². The number of nitrogens with one attached hydrogen (secondary N) is 1. The summed E-state index contributed by atoms with van der Waals surface area (Å²) in [4.78, 5) is 22.7. The van der Waals surface area contributed by atoms with Gasteiger partial charge in [-0.15, -0.1) is 0 Å². The van der Waals surface area contributed by atoms with Crippen molar-refractivity contribution < 1.29 is 4.79 Å². The Bertz CT molecular complexity index is 1020. The summed E-state index contributed by atoms with van der Waals surface area (Å²) in [6, 6.07) is 19.7. The van der Waals surface area contributed by atoms with Gasteiger partial charge in [0.15, 0.2) is 0 Å². The summed E-state index contributed by atoms with van der Waals surface area (Å²) in [7, 11) is 0. The van der Waals surface area contributed by atoms with Gasteiger partial charge in [-0.3, -0.25) is 4.79 Å². The zero-order valence-electron chi connectivity index (χ0n) is 17.1. The van der Waals surface area contributed by atoms with Crippen molar-refractivity contribution in [3.05, 3.63) is 83.4 Å². The average molecular weight is 399 g/mol. The molecule has 0 spiro atoms. The van der Waals surface area contributed by atoms with Gasteiger partial charge in [0, 0.05) is 36.5 Å². The SMILES string of the molecule is N#Cc1ccc(Cc2ncc(CCCC3CCCN(c4ccccc4)C3=O)[nH]2)cc1. The van der Waals surface area contributed by atoms with Crippen LogP contribution in [0.5, 0.6) is 0 Å². The van der Waals surface area contributed by atoms with Crippen LogP contribution in [-0.4, -0.2) is 22.4 Å². The van der Waals surface area contributed by atoms with E-state index >= 15 is 0 Å². The fraction of sp³-hybridized carbons (Fsp3) is 0.320. The maximum atomic E-state index is 12.9. The summed E-state index contributed by atoms with van der Waals surface area (Å²) >= 11 is 0. The number of H-pyrrole nitrogens is 1. The highest BCUT2D eigenvalue weighted by atomic mass is 16.2. The zero-order valence-corrected chi connectivity index (χ0v) is 17.1. The molecule has 1 saturated heterocycles. The Morgan fingerprint density at radius 3 is 2.70 bits per heavy atom. The molecule has 4 rings (SSSR count). The molecule has 0 bridgehead atoms. The molecule has 2 aromatic carbocycles. The molecular weight excluding hydrogens is 372 g/mol. The molecule has 1 amide bonds. The van der Waals surface area contributed by atoms with Crippen molar-refractivity contribution in [2.45, 2.75) is 38.5 Å². The van der Waals surface area contributed by atoms with Crippen molar-refractivity contribution in [1.82, 2.24) is 9.97 Å². The lowest BCUT2D eigenvalue weighted by atomic mass is 9.91. The molecule has 0 aliphatic carbocycles. The largest absolute Gasteiger partial charge is 0.346 e. The van der Waals surface area contributed by atoms with Gasteiger partial charge in [-0.05, 0) is 61.9 Å². The average Bonchev–Trinajstić information content (AvgIpc) is 3.23. The number of aryl methyl sites for hydroxylation is 1. The number of anilines is 1. The van der Waals surface area contributed by atoms with E-state index in [1.807, 2.05) is 65.7 Å². The molecule has 0 radical (unpaired) electrons. The van der Waals surface area contributed by atoms with Gasteiger partial charge in [0.25, 0.3) is 0 Å². The van der Waals surface area contributed by atoms with E-state index in [2.05, 4.69) is 16.0 Å². The van der Waals surface area contributed by atoms with E-state index in [0.29, 0.717) is 5.56 Å². The number of carbonyl (C=O) groups is 1. The van der Waals surface area contributed by atoms with Gasteiger partial charge in [0.05, 0.1) is 11.6 Å². The molecule has 152 valence electrons. The predicted octanol–water partition coefficient (Wildman–Crippen LogP) is 4.64. The Kier molecular flexibility index (Phi) is 6.24. The van der Waals surface area contributed by atoms with Crippen LogP contribution < -0.4 is 4.90 Å². The molecule has 1 fully saturated rings. The molecule has 1 aromatic heterocycles. The minimum atomic E-state index is 0.111. The molecule has 30 heavy (non-hydrogen) atoms. The normalized spacial score (nSPS) is 16.4. The summed E-state index contributed by atoms with van der Waals surface area (Å²) in [6.45, 7) is 0.818. The van der Waals surface area contributed by atoms with E-state index in [4.69, 9.17) is 5.26 Å². The van der Waals surface area contributed by atoms with E-state index in [1.165, 1.54) is 0 Å². The van der Waals surface area contributed by atoms with Crippen LogP contribution in [0.15, 0.2) is 60.8 Å². The van der Waals surface area contributed by atoms with Gasteiger partial charge in [0.2, 0.25) is 5.91 Å². The lowest BCUT2D eigenvalue weighted by Gasteiger charge is -2.32. The number of hydrogen-bond acceptors (Lipinski definition) is 3. The quantitative estimate of drug-likeness (QED) is 0.630. The number of nitriles is 1. The van der Waals surface area contributed by atoms with Crippen molar-refractivity contribution in [1.29, 1.82) is 5.26 Å². The molecular formula is C25H26N4O.